The van der Waals surface area contributed by atoms with Crippen LogP contribution in [0.15, 0.2) is 23.1 Å². The molecule has 1 aromatic rings. The largest absolute Gasteiger partial charge is 0.497 e. The number of esters is 1. The van der Waals surface area contributed by atoms with Gasteiger partial charge in [-0.2, -0.15) is 0 Å². The highest BCUT2D eigenvalue weighted by Crippen LogP contribution is 2.52. The van der Waals surface area contributed by atoms with E-state index in [0.717, 1.165) is 12.8 Å². The number of hydrogen-bond donors (Lipinski definition) is 0. The third-order valence-electron chi connectivity index (χ3n) is 3.60. The van der Waals surface area contributed by atoms with E-state index >= 15 is 0 Å². The Morgan fingerprint density at radius 2 is 2.14 bits per heavy atom. The lowest BCUT2D eigenvalue weighted by atomic mass is 10.1. The maximum Gasteiger partial charge on any atom is 0.306 e. The highest BCUT2D eigenvalue weighted by molar-refractivity contribution is 7.99. The van der Waals surface area contributed by atoms with Gasteiger partial charge in [0.25, 0.3) is 5.69 Å². The molecule has 2 rings (SSSR count). The molecule has 0 unspecified atom stereocenters. The molecule has 1 saturated carbocycles. The molecule has 1 fully saturated rings. The van der Waals surface area contributed by atoms with Crippen molar-refractivity contribution >= 4 is 23.4 Å². The van der Waals surface area contributed by atoms with Gasteiger partial charge in [-0.25, -0.2) is 0 Å². The second-order valence-electron chi connectivity index (χ2n) is 5.13. The van der Waals surface area contributed by atoms with Crippen molar-refractivity contribution in [2.45, 2.75) is 24.2 Å². The van der Waals surface area contributed by atoms with Crippen molar-refractivity contribution in [1.82, 2.24) is 0 Å². The summed E-state index contributed by atoms with van der Waals surface area (Å²) in [4.78, 5) is 22.7. The maximum absolute atomic E-state index is 11.4. The summed E-state index contributed by atoms with van der Waals surface area (Å²) >= 11 is 1.41. The van der Waals surface area contributed by atoms with Crippen molar-refractivity contribution in [2.75, 3.05) is 20.0 Å². The van der Waals surface area contributed by atoms with Crippen molar-refractivity contribution in [3.63, 3.8) is 0 Å². The molecular formula is C14H17NO5S. The molecule has 0 heterocycles. The molecule has 0 aliphatic heterocycles. The fraction of sp³-hybridized carbons (Fsp3) is 0.500. The molecule has 0 spiro atoms. The highest BCUT2D eigenvalue weighted by Gasteiger charge is 2.44. The Bertz CT molecular complexity index is 556. The number of rotatable bonds is 7. The quantitative estimate of drug-likeness (QED) is 0.333. The molecule has 114 valence electrons. The van der Waals surface area contributed by atoms with Crippen LogP contribution in [0.2, 0.25) is 0 Å². The van der Waals surface area contributed by atoms with Crippen molar-refractivity contribution in [3.05, 3.63) is 28.3 Å². The van der Waals surface area contributed by atoms with Gasteiger partial charge in [0.2, 0.25) is 0 Å². The summed E-state index contributed by atoms with van der Waals surface area (Å²) in [5.41, 5.74) is -0.0285. The topological polar surface area (TPSA) is 78.7 Å². The first-order valence-corrected chi connectivity index (χ1v) is 7.50. The van der Waals surface area contributed by atoms with E-state index in [0.29, 0.717) is 22.8 Å². The minimum atomic E-state index is -0.412. The summed E-state index contributed by atoms with van der Waals surface area (Å²) in [5, 5.41) is 11.1. The third-order valence-corrected chi connectivity index (χ3v) is 5.01. The summed E-state index contributed by atoms with van der Waals surface area (Å²) < 4.78 is 9.71. The predicted molar refractivity (Wildman–Crippen MR) is 78.7 cm³/mol. The number of methoxy groups -OCH3 is 2. The fourth-order valence-corrected chi connectivity index (χ4v) is 3.35. The van der Waals surface area contributed by atoms with Crippen LogP contribution in [0.4, 0.5) is 5.69 Å². The van der Waals surface area contributed by atoms with Crippen LogP contribution in [-0.4, -0.2) is 30.9 Å². The Morgan fingerprint density at radius 3 is 2.67 bits per heavy atom. The average Bonchev–Trinajstić information content (AvgIpc) is 3.24. The summed E-state index contributed by atoms with van der Waals surface area (Å²) in [6.45, 7) is 0. The number of nitrogens with zero attached hydrogens (tertiary/aromatic N) is 1. The Kier molecular flexibility index (Phi) is 4.72. The van der Waals surface area contributed by atoms with Gasteiger partial charge in [-0.05, 0) is 30.4 Å². The molecule has 1 aliphatic carbocycles. The van der Waals surface area contributed by atoms with Crippen LogP contribution in [0.3, 0.4) is 0 Å². The first kappa shape index (κ1) is 15.6. The average molecular weight is 311 g/mol. The number of ether oxygens (including phenoxy) is 2. The second kappa shape index (κ2) is 6.34. The molecule has 0 radical (unpaired) electrons. The smallest absolute Gasteiger partial charge is 0.306 e. The molecular weight excluding hydrogens is 294 g/mol. The van der Waals surface area contributed by atoms with Gasteiger partial charge in [0.05, 0.1) is 36.5 Å². The number of hydrogen-bond acceptors (Lipinski definition) is 6. The van der Waals surface area contributed by atoms with Crippen LogP contribution in [0.25, 0.3) is 0 Å². The number of carbonyl (C=O) groups is 1. The van der Waals surface area contributed by atoms with Crippen LogP contribution in [0, 0.1) is 15.5 Å². The lowest BCUT2D eigenvalue weighted by molar-refractivity contribution is -0.387. The molecule has 0 atom stereocenters. The number of carbonyl (C=O) groups excluding carboxylic acids is 1. The van der Waals surface area contributed by atoms with Gasteiger partial charge in [-0.3, -0.25) is 14.9 Å². The molecule has 6 nitrogen and oxygen atoms in total. The van der Waals surface area contributed by atoms with Crippen LogP contribution < -0.4 is 4.74 Å². The molecule has 0 bridgehead atoms. The first-order chi connectivity index (χ1) is 9.99. The summed E-state index contributed by atoms with van der Waals surface area (Å²) in [6, 6.07) is 4.81. The Labute approximate surface area is 127 Å². The zero-order chi connectivity index (χ0) is 15.5. The summed E-state index contributed by atoms with van der Waals surface area (Å²) in [7, 11) is 2.85. The molecule has 1 aromatic carbocycles. The van der Waals surface area contributed by atoms with Crippen LogP contribution in [0.5, 0.6) is 5.75 Å². The van der Waals surface area contributed by atoms with E-state index in [4.69, 9.17) is 9.47 Å². The van der Waals surface area contributed by atoms with Crippen LogP contribution >= 0.6 is 11.8 Å². The van der Waals surface area contributed by atoms with E-state index < -0.39 is 4.92 Å². The van der Waals surface area contributed by atoms with Gasteiger partial charge in [-0.15, -0.1) is 11.8 Å². The molecule has 0 saturated heterocycles. The summed E-state index contributed by atoms with van der Waals surface area (Å²) in [6.07, 6.45) is 2.29. The Morgan fingerprint density at radius 1 is 1.43 bits per heavy atom. The highest BCUT2D eigenvalue weighted by atomic mass is 32.2. The van der Waals surface area contributed by atoms with Crippen LogP contribution in [0.1, 0.15) is 19.3 Å². The van der Waals surface area contributed by atoms with Gasteiger partial charge in [0.15, 0.2) is 0 Å². The van der Waals surface area contributed by atoms with Crippen molar-refractivity contribution in [1.29, 1.82) is 0 Å². The normalized spacial score (nSPS) is 15.3. The Balaban J connectivity index is 2.06. The first-order valence-electron chi connectivity index (χ1n) is 6.52. The molecule has 0 N–H and O–H groups in total. The van der Waals surface area contributed by atoms with Gasteiger partial charge >= 0.3 is 5.97 Å². The van der Waals surface area contributed by atoms with Gasteiger partial charge < -0.3 is 9.47 Å². The maximum atomic E-state index is 11.4. The lowest BCUT2D eigenvalue weighted by Crippen LogP contribution is -2.13. The van der Waals surface area contributed by atoms with E-state index in [2.05, 4.69) is 0 Å². The van der Waals surface area contributed by atoms with Crippen molar-refractivity contribution < 1.29 is 19.2 Å². The number of benzene rings is 1. The minimum Gasteiger partial charge on any atom is -0.497 e. The fourth-order valence-electron chi connectivity index (χ4n) is 2.05. The van der Waals surface area contributed by atoms with Gasteiger partial charge in [0, 0.05) is 5.75 Å². The van der Waals surface area contributed by atoms with Gasteiger partial charge in [0.1, 0.15) is 5.75 Å². The van der Waals surface area contributed by atoms with Crippen molar-refractivity contribution in [3.8, 4) is 5.75 Å². The van der Waals surface area contributed by atoms with Gasteiger partial charge in [-0.1, -0.05) is 0 Å². The number of nitro benzene ring substituents is 1. The molecule has 1 aliphatic rings. The molecule has 0 aromatic heterocycles. The zero-order valence-electron chi connectivity index (χ0n) is 12.0. The van der Waals surface area contributed by atoms with E-state index in [1.807, 2.05) is 0 Å². The number of nitro groups is 1. The zero-order valence-corrected chi connectivity index (χ0v) is 12.8. The number of thioether (sulfide) groups is 1. The van der Waals surface area contributed by atoms with Crippen molar-refractivity contribution in [2.24, 2.45) is 5.41 Å². The van der Waals surface area contributed by atoms with E-state index in [9.17, 15) is 14.9 Å². The standard InChI is InChI=1S/C14H17NO5S/c1-19-10-3-4-12(11(7-10)15(17)18)21-9-14(5-6-14)8-13(16)20-2/h3-4,7H,5-6,8-9H2,1-2H3. The monoisotopic (exact) mass is 311 g/mol. The van der Waals surface area contributed by atoms with E-state index in [1.165, 1.54) is 32.0 Å². The summed E-state index contributed by atoms with van der Waals surface area (Å²) in [5.74, 6) is 0.911. The molecule has 21 heavy (non-hydrogen) atoms. The third kappa shape index (κ3) is 3.87. The minimum absolute atomic E-state index is 0.0354. The van der Waals surface area contributed by atoms with E-state index in [1.54, 1.807) is 12.1 Å². The Hall–Kier alpha value is -1.76. The molecule has 0 amide bonds. The SMILES string of the molecule is COC(=O)CC1(CSc2ccc(OC)cc2[N+](=O)[O-])CC1. The molecule has 7 heteroatoms. The predicted octanol–water partition coefficient (Wildman–Crippen LogP) is 3.04. The van der Waals surface area contributed by atoms with Crippen LogP contribution in [-0.2, 0) is 9.53 Å². The lowest BCUT2D eigenvalue weighted by Gasteiger charge is -2.13. The van der Waals surface area contributed by atoms with E-state index in [-0.39, 0.29) is 17.1 Å². The second-order valence-corrected chi connectivity index (χ2v) is 6.15.